The van der Waals surface area contributed by atoms with Crippen LogP contribution in [0.1, 0.15) is 48.0 Å². The molecule has 0 spiro atoms. The minimum Gasteiger partial charge on any atom is -0.491 e. The first-order chi connectivity index (χ1) is 16.3. The zero-order valence-corrected chi connectivity index (χ0v) is 20.3. The number of nitrogens with zero attached hydrogens (tertiary/aromatic N) is 2. The number of ether oxygens (including phenoxy) is 1. The summed E-state index contributed by atoms with van der Waals surface area (Å²) in [5, 5.41) is 3.87. The van der Waals surface area contributed by atoms with E-state index in [1.807, 2.05) is 32.2 Å². The van der Waals surface area contributed by atoms with Gasteiger partial charge in [-0.3, -0.25) is 9.74 Å². The molecule has 2 aromatic rings. The van der Waals surface area contributed by atoms with Crippen molar-refractivity contribution in [2.45, 2.75) is 45.6 Å². The van der Waals surface area contributed by atoms with Gasteiger partial charge in [-0.05, 0) is 56.4 Å². The maximum Gasteiger partial charge on any atom is 0.351 e. The summed E-state index contributed by atoms with van der Waals surface area (Å²) in [7, 11) is 1.95. The molecule has 2 aliphatic rings. The molecule has 182 valence electrons. The van der Waals surface area contributed by atoms with Crippen molar-refractivity contribution < 1.29 is 23.8 Å². The molecule has 34 heavy (non-hydrogen) atoms. The number of anilines is 1. The highest BCUT2D eigenvalue weighted by Gasteiger charge is 2.28. The molecular formula is C24H29FN4O4S. The summed E-state index contributed by atoms with van der Waals surface area (Å²) in [6.07, 6.45) is 4.89. The molecule has 3 heterocycles. The summed E-state index contributed by atoms with van der Waals surface area (Å²) in [5.74, 6) is -0.709. The number of hydrogen-bond donors (Lipinski definition) is 2. The summed E-state index contributed by atoms with van der Waals surface area (Å²) in [6, 6.07) is 3.65. The number of thiophene rings is 1. The van der Waals surface area contributed by atoms with Crippen molar-refractivity contribution in [2.75, 3.05) is 25.9 Å². The normalized spacial score (nSPS) is 18.6. The number of halogens is 1. The van der Waals surface area contributed by atoms with Crippen molar-refractivity contribution in [1.29, 1.82) is 0 Å². The summed E-state index contributed by atoms with van der Waals surface area (Å²) in [6.45, 7) is 4.53. The maximum absolute atomic E-state index is 12.9. The third-order valence-corrected chi connectivity index (χ3v) is 7.52. The Balaban J connectivity index is 1.37. The van der Waals surface area contributed by atoms with Crippen LogP contribution in [-0.2, 0) is 14.5 Å². The molecule has 2 atom stereocenters. The van der Waals surface area contributed by atoms with Gasteiger partial charge in [-0.15, -0.1) is 11.3 Å². The number of rotatable bonds is 7. The number of hydrogen-bond acceptors (Lipinski definition) is 8. The van der Waals surface area contributed by atoms with Gasteiger partial charge in [0.1, 0.15) is 22.1 Å². The molecule has 0 radical (unpaired) electrons. The van der Waals surface area contributed by atoms with Gasteiger partial charge in [0.05, 0.1) is 17.6 Å². The fraction of sp³-hybridized carbons (Fsp3) is 0.458. The molecule has 0 fully saturated rings. The lowest BCUT2D eigenvalue weighted by molar-refractivity contribution is -0.188. The number of nitrogens with one attached hydrogen (secondary N) is 1. The average molecular weight is 489 g/mol. The van der Waals surface area contributed by atoms with E-state index >= 15 is 0 Å². The molecule has 10 heteroatoms. The highest BCUT2D eigenvalue weighted by atomic mass is 32.1. The standard InChI is InChI=1S/C24H29FN4O4S/c1-13(24(31)33-25)8-9-29(3)17-6-5-15-10-16(12-32-19(15)11-17)28-22(30)21-20(26)18-7-4-14(2)27-23(18)34-21/h4,7,11,13,16H,5-6,8-10,12,26H2,1-3H3,(H,28,30). The van der Waals surface area contributed by atoms with Crippen molar-refractivity contribution in [2.24, 2.45) is 5.92 Å². The van der Waals surface area contributed by atoms with E-state index in [9.17, 15) is 14.1 Å². The van der Waals surface area contributed by atoms with Crippen molar-refractivity contribution in [3.63, 3.8) is 0 Å². The predicted octanol–water partition coefficient (Wildman–Crippen LogP) is 4.02. The second-order valence-electron chi connectivity index (χ2n) is 8.95. The van der Waals surface area contributed by atoms with E-state index in [-0.39, 0.29) is 11.9 Å². The van der Waals surface area contributed by atoms with Gasteiger partial charge in [0, 0.05) is 34.9 Å². The van der Waals surface area contributed by atoms with Crippen LogP contribution < -0.4 is 11.1 Å². The maximum atomic E-state index is 12.9. The number of nitrogens with two attached hydrogens (primary N) is 1. The lowest BCUT2D eigenvalue weighted by Gasteiger charge is -2.33. The minimum absolute atomic E-state index is 0.134. The van der Waals surface area contributed by atoms with E-state index < -0.39 is 11.9 Å². The van der Waals surface area contributed by atoms with E-state index in [0.717, 1.165) is 46.6 Å². The Morgan fingerprint density at radius 2 is 2.21 bits per heavy atom. The van der Waals surface area contributed by atoms with E-state index in [4.69, 9.17) is 10.5 Å². The molecule has 3 N–H and O–H groups in total. The number of carbonyl (C=O) groups excluding carboxylic acids is 2. The largest absolute Gasteiger partial charge is 0.491 e. The van der Waals surface area contributed by atoms with Gasteiger partial charge >= 0.3 is 5.97 Å². The molecule has 1 aliphatic heterocycles. The van der Waals surface area contributed by atoms with Gasteiger partial charge in [0.15, 0.2) is 0 Å². The third-order valence-electron chi connectivity index (χ3n) is 6.40. The third kappa shape index (κ3) is 5.01. The summed E-state index contributed by atoms with van der Waals surface area (Å²) >= 11 is 1.30. The van der Waals surface area contributed by atoms with Crippen LogP contribution in [0.4, 0.5) is 10.2 Å². The molecule has 0 bridgehead atoms. The Hall–Kier alpha value is -3.14. The molecule has 2 unspecified atom stereocenters. The Kier molecular flexibility index (Phi) is 7.06. The Labute approximate surface area is 201 Å². The van der Waals surface area contributed by atoms with Gasteiger partial charge in [0.25, 0.3) is 5.91 Å². The smallest absolute Gasteiger partial charge is 0.351 e. The SMILES string of the molecule is Cc1ccc2c(N)c(C(=O)NC3COC4=C(CCC(N(C)CCC(C)C(=O)OF)=C4)C3)sc2n1. The number of aromatic nitrogens is 1. The molecule has 1 aliphatic carbocycles. The van der Waals surface area contributed by atoms with E-state index in [1.165, 1.54) is 16.9 Å². The number of allylic oxidation sites excluding steroid dienone is 2. The van der Waals surface area contributed by atoms with Gasteiger partial charge in [0.2, 0.25) is 0 Å². The van der Waals surface area contributed by atoms with E-state index in [0.29, 0.717) is 30.1 Å². The van der Waals surface area contributed by atoms with E-state index in [2.05, 4.69) is 20.1 Å². The number of carbonyl (C=O) groups is 2. The lowest BCUT2D eigenvalue weighted by Crippen LogP contribution is -2.40. The van der Waals surface area contributed by atoms with Crippen LogP contribution in [-0.4, -0.2) is 48.0 Å². The van der Waals surface area contributed by atoms with Crippen molar-refractivity contribution in [3.05, 3.63) is 45.8 Å². The van der Waals surface area contributed by atoms with Gasteiger partial charge < -0.3 is 20.7 Å². The van der Waals surface area contributed by atoms with Crippen LogP contribution in [0.25, 0.3) is 10.2 Å². The molecular weight excluding hydrogens is 459 g/mol. The number of amides is 1. The van der Waals surface area contributed by atoms with Crippen LogP contribution in [0, 0.1) is 12.8 Å². The second kappa shape index (κ2) is 10.0. The topological polar surface area (TPSA) is 107 Å². The van der Waals surface area contributed by atoms with Crippen LogP contribution in [0.5, 0.6) is 0 Å². The quantitative estimate of drug-likeness (QED) is 0.606. The summed E-state index contributed by atoms with van der Waals surface area (Å²) in [5.41, 5.74) is 9.84. The fourth-order valence-electron chi connectivity index (χ4n) is 4.25. The first kappa shape index (κ1) is 24.0. The first-order valence-electron chi connectivity index (χ1n) is 11.3. The summed E-state index contributed by atoms with van der Waals surface area (Å²) in [4.78, 5) is 35.3. The number of pyridine rings is 1. The molecule has 0 saturated heterocycles. The Morgan fingerprint density at radius 3 is 2.97 bits per heavy atom. The number of aryl methyl sites for hydroxylation is 1. The van der Waals surface area contributed by atoms with Crippen LogP contribution in [0.2, 0.25) is 0 Å². The van der Waals surface area contributed by atoms with Gasteiger partial charge in [-0.25, -0.2) is 9.78 Å². The zero-order valence-electron chi connectivity index (χ0n) is 19.5. The molecule has 0 saturated carbocycles. The molecule has 2 aromatic heterocycles. The second-order valence-corrected chi connectivity index (χ2v) is 9.95. The molecule has 1 amide bonds. The highest BCUT2D eigenvalue weighted by molar-refractivity contribution is 7.21. The fourth-order valence-corrected chi connectivity index (χ4v) is 5.29. The summed E-state index contributed by atoms with van der Waals surface area (Å²) < 4.78 is 18.1. The Morgan fingerprint density at radius 1 is 1.41 bits per heavy atom. The lowest BCUT2D eigenvalue weighted by atomic mass is 9.92. The molecule has 8 nitrogen and oxygen atoms in total. The molecule has 0 aromatic carbocycles. The first-order valence-corrected chi connectivity index (χ1v) is 12.1. The van der Waals surface area contributed by atoms with Crippen LogP contribution in [0.3, 0.4) is 0 Å². The monoisotopic (exact) mass is 488 g/mol. The van der Waals surface area contributed by atoms with Gasteiger partial charge in [-0.1, -0.05) is 6.92 Å². The van der Waals surface area contributed by atoms with Crippen LogP contribution >= 0.6 is 11.3 Å². The Bertz CT molecular complexity index is 1180. The van der Waals surface area contributed by atoms with Crippen molar-refractivity contribution >= 4 is 39.1 Å². The van der Waals surface area contributed by atoms with E-state index in [1.54, 1.807) is 6.92 Å². The zero-order chi connectivity index (χ0) is 24.4. The molecule has 4 rings (SSSR count). The minimum atomic E-state index is -0.844. The van der Waals surface area contributed by atoms with Crippen molar-refractivity contribution in [3.8, 4) is 0 Å². The average Bonchev–Trinajstić information content (AvgIpc) is 3.16. The predicted molar refractivity (Wildman–Crippen MR) is 129 cm³/mol. The van der Waals surface area contributed by atoms with Gasteiger partial charge in [-0.2, -0.15) is 0 Å². The van der Waals surface area contributed by atoms with Crippen LogP contribution in [0.15, 0.2) is 35.2 Å². The number of nitrogen functional groups attached to an aromatic ring is 1. The number of fused-ring (bicyclic) bond motifs is 1. The highest BCUT2D eigenvalue weighted by Crippen LogP contribution is 2.34. The van der Waals surface area contributed by atoms with Crippen molar-refractivity contribution in [1.82, 2.24) is 15.2 Å².